The van der Waals surface area contributed by atoms with Crippen molar-refractivity contribution in [3.8, 4) is 0 Å². The number of rotatable bonds is 8. The Hall–Kier alpha value is -0.380. The van der Waals surface area contributed by atoms with Crippen molar-refractivity contribution in [1.82, 2.24) is 10.2 Å². The molecule has 20 heavy (non-hydrogen) atoms. The maximum atomic E-state index is 3.69. The Morgan fingerprint density at radius 3 is 2.10 bits per heavy atom. The zero-order chi connectivity index (χ0) is 15.1. The number of nitrogens with one attached hydrogen (secondary N) is 1. The molecule has 0 spiro atoms. The fourth-order valence-corrected chi connectivity index (χ4v) is 3.03. The third-order valence-electron chi connectivity index (χ3n) is 4.26. The van der Waals surface area contributed by atoms with Crippen LogP contribution in [0.5, 0.6) is 0 Å². The fourth-order valence-electron chi connectivity index (χ4n) is 2.77. The predicted molar refractivity (Wildman–Crippen MR) is 92.1 cm³/mol. The van der Waals surface area contributed by atoms with Crippen molar-refractivity contribution in [2.75, 3.05) is 20.6 Å². The van der Waals surface area contributed by atoms with Gasteiger partial charge in [-0.25, -0.2) is 0 Å². The van der Waals surface area contributed by atoms with Gasteiger partial charge in [-0.1, -0.05) is 54.8 Å². The standard InChI is InChI=1S/C17H29BrN2/c1-6-14(7-2)17(20(4)5)12-19-13(3)15-8-10-16(18)11-9-15/h8-11,13-14,17,19H,6-7,12H2,1-5H3. The van der Waals surface area contributed by atoms with Crippen LogP contribution in [0.3, 0.4) is 0 Å². The lowest BCUT2D eigenvalue weighted by atomic mass is 9.93. The number of benzene rings is 1. The van der Waals surface area contributed by atoms with Gasteiger partial charge in [0.05, 0.1) is 0 Å². The van der Waals surface area contributed by atoms with Gasteiger partial charge in [0.1, 0.15) is 0 Å². The number of halogens is 1. The summed E-state index contributed by atoms with van der Waals surface area (Å²) in [5, 5.41) is 3.69. The Balaban J connectivity index is 2.60. The van der Waals surface area contributed by atoms with Crippen LogP contribution in [0.1, 0.15) is 45.2 Å². The maximum Gasteiger partial charge on any atom is 0.0292 e. The first-order valence-corrected chi connectivity index (χ1v) is 8.44. The van der Waals surface area contributed by atoms with Crippen LogP contribution < -0.4 is 5.32 Å². The van der Waals surface area contributed by atoms with Gasteiger partial charge in [0.25, 0.3) is 0 Å². The highest BCUT2D eigenvalue weighted by molar-refractivity contribution is 9.10. The molecule has 0 fully saturated rings. The molecule has 114 valence electrons. The van der Waals surface area contributed by atoms with Gasteiger partial charge in [-0.2, -0.15) is 0 Å². The molecule has 2 nitrogen and oxygen atoms in total. The van der Waals surface area contributed by atoms with E-state index in [0.29, 0.717) is 12.1 Å². The number of hydrogen-bond acceptors (Lipinski definition) is 2. The fraction of sp³-hybridized carbons (Fsp3) is 0.647. The monoisotopic (exact) mass is 340 g/mol. The summed E-state index contributed by atoms with van der Waals surface area (Å²) in [6.45, 7) is 7.87. The molecule has 0 amide bonds. The summed E-state index contributed by atoms with van der Waals surface area (Å²) in [6, 6.07) is 9.57. The molecular weight excluding hydrogens is 312 g/mol. The number of hydrogen-bond donors (Lipinski definition) is 1. The van der Waals surface area contributed by atoms with Crippen LogP contribution in [0.25, 0.3) is 0 Å². The van der Waals surface area contributed by atoms with Crippen LogP contribution in [0.15, 0.2) is 28.7 Å². The summed E-state index contributed by atoms with van der Waals surface area (Å²) >= 11 is 3.49. The quantitative estimate of drug-likeness (QED) is 0.751. The lowest BCUT2D eigenvalue weighted by molar-refractivity contribution is 0.190. The van der Waals surface area contributed by atoms with E-state index in [1.807, 2.05) is 0 Å². The van der Waals surface area contributed by atoms with Crippen molar-refractivity contribution < 1.29 is 0 Å². The molecule has 2 atom stereocenters. The van der Waals surface area contributed by atoms with Gasteiger partial charge in [-0.15, -0.1) is 0 Å². The van der Waals surface area contributed by atoms with Crippen molar-refractivity contribution in [1.29, 1.82) is 0 Å². The summed E-state index contributed by atoms with van der Waals surface area (Å²) in [5.74, 6) is 0.759. The second-order valence-corrected chi connectivity index (χ2v) is 6.70. The Morgan fingerprint density at radius 1 is 1.10 bits per heavy atom. The molecule has 3 heteroatoms. The topological polar surface area (TPSA) is 15.3 Å². The molecule has 0 saturated heterocycles. The van der Waals surface area contributed by atoms with E-state index in [1.54, 1.807) is 0 Å². The molecule has 0 aromatic heterocycles. The lowest BCUT2D eigenvalue weighted by Crippen LogP contribution is -2.43. The molecule has 1 N–H and O–H groups in total. The molecule has 0 aliphatic rings. The van der Waals surface area contributed by atoms with Gasteiger partial charge < -0.3 is 10.2 Å². The summed E-state index contributed by atoms with van der Waals surface area (Å²) in [6.07, 6.45) is 2.49. The number of likely N-dealkylation sites (N-methyl/N-ethyl adjacent to an activating group) is 1. The SMILES string of the molecule is CCC(CC)C(CNC(C)c1ccc(Br)cc1)N(C)C. The van der Waals surface area contributed by atoms with Crippen LogP contribution in [0, 0.1) is 5.92 Å². The van der Waals surface area contributed by atoms with E-state index in [0.717, 1.165) is 16.9 Å². The van der Waals surface area contributed by atoms with Gasteiger partial charge >= 0.3 is 0 Å². The molecule has 2 unspecified atom stereocenters. The zero-order valence-corrected chi connectivity index (χ0v) is 15.1. The average molecular weight is 341 g/mol. The molecule has 0 aliphatic heterocycles. The second kappa shape index (κ2) is 8.81. The average Bonchev–Trinajstić information content (AvgIpc) is 2.43. The summed E-state index contributed by atoms with van der Waals surface area (Å²) in [5.41, 5.74) is 1.34. The molecule has 1 aromatic carbocycles. The van der Waals surface area contributed by atoms with Crippen LogP contribution in [-0.2, 0) is 0 Å². The van der Waals surface area contributed by atoms with E-state index >= 15 is 0 Å². The van der Waals surface area contributed by atoms with Crippen molar-refractivity contribution >= 4 is 15.9 Å². The summed E-state index contributed by atoms with van der Waals surface area (Å²) in [7, 11) is 4.38. The van der Waals surface area contributed by atoms with E-state index in [9.17, 15) is 0 Å². The van der Waals surface area contributed by atoms with Crippen LogP contribution in [0.2, 0.25) is 0 Å². The third kappa shape index (κ3) is 5.19. The molecular formula is C17H29BrN2. The maximum absolute atomic E-state index is 3.69. The van der Waals surface area contributed by atoms with Gasteiger partial charge in [-0.05, 0) is 44.6 Å². The van der Waals surface area contributed by atoms with E-state index in [1.165, 1.54) is 18.4 Å². The lowest BCUT2D eigenvalue weighted by Gasteiger charge is -2.32. The van der Waals surface area contributed by atoms with Gasteiger partial charge in [-0.3, -0.25) is 0 Å². The van der Waals surface area contributed by atoms with Crippen LogP contribution in [0.4, 0.5) is 0 Å². The highest BCUT2D eigenvalue weighted by Crippen LogP contribution is 2.19. The molecule has 0 bridgehead atoms. The first kappa shape index (κ1) is 17.7. The highest BCUT2D eigenvalue weighted by Gasteiger charge is 2.21. The molecule has 0 saturated carbocycles. The van der Waals surface area contributed by atoms with Crippen molar-refractivity contribution in [2.24, 2.45) is 5.92 Å². The minimum Gasteiger partial charge on any atom is -0.309 e. The first-order chi connectivity index (χ1) is 9.49. The van der Waals surface area contributed by atoms with E-state index in [-0.39, 0.29) is 0 Å². The molecule has 1 rings (SSSR count). The first-order valence-electron chi connectivity index (χ1n) is 7.64. The summed E-state index contributed by atoms with van der Waals surface area (Å²) < 4.78 is 1.14. The molecule has 1 aromatic rings. The van der Waals surface area contributed by atoms with Gasteiger partial charge in [0.15, 0.2) is 0 Å². The zero-order valence-electron chi connectivity index (χ0n) is 13.5. The minimum absolute atomic E-state index is 0.389. The van der Waals surface area contributed by atoms with Crippen molar-refractivity contribution in [3.05, 3.63) is 34.3 Å². The van der Waals surface area contributed by atoms with Gasteiger partial charge in [0.2, 0.25) is 0 Å². The van der Waals surface area contributed by atoms with Crippen molar-refractivity contribution in [3.63, 3.8) is 0 Å². The normalized spacial score (nSPS) is 14.8. The van der Waals surface area contributed by atoms with Gasteiger partial charge in [0, 0.05) is 23.1 Å². The minimum atomic E-state index is 0.389. The van der Waals surface area contributed by atoms with E-state index in [4.69, 9.17) is 0 Å². The highest BCUT2D eigenvalue weighted by atomic mass is 79.9. The predicted octanol–water partition coefficient (Wildman–Crippen LogP) is 4.47. The smallest absolute Gasteiger partial charge is 0.0292 e. The Bertz CT molecular complexity index is 371. The Labute approximate surface area is 133 Å². The largest absolute Gasteiger partial charge is 0.309 e. The number of nitrogens with zero attached hydrogens (tertiary/aromatic N) is 1. The van der Waals surface area contributed by atoms with Crippen LogP contribution >= 0.6 is 15.9 Å². The van der Waals surface area contributed by atoms with Crippen molar-refractivity contribution in [2.45, 2.75) is 45.7 Å². The van der Waals surface area contributed by atoms with Crippen LogP contribution in [-0.4, -0.2) is 31.6 Å². The Kier molecular flexibility index (Phi) is 7.78. The summed E-state index contributed by atoms with van der Waals surface area (Å²) in [4.78, 5) is 2.36. The third-order valence-corrected chi connectivity index (χ3v) is 4.79. The molecule has 0 radical (unpaired) electrons. The molecule has 0 heterocycles. The van der Waals surface area contributed by atoms with E-state index in [2.05, 4.69) is 85.3 Å². The second-order valence-electron chi connectivity index (χ2n) is 5.79. The van der Waals surface area contributed by atoms with E-state index < -0.39 is 0 Å². The molecule has 0 aliphatic carbocycles. The Morgan fingerprint density at radius 2 is 1.65 bits per heavy atom.